The molecule has 2 unspecified atom stereocenters. The smallest absolute Gasteiger partial charge is 0.108 e. The van der Waals surface area contributed by atoms with Gasteiger partial charge in [-0.3, -0.25) is 0 Å². The van der Waals surface area contributed by atoms with Crippen LogP contribution < -0.4 is 5.32 Å². The van der Waals surface area contributed by atoms with Crippen LogP contribution in [0.3, 0.4) is 0 Å². The van der Waals surface area contributed by atoms with Crippen molar-refractivity contribution in [1.82, 2.24) is 14.9 Å². The van der Waals surface area contributed by atoms with Gasteiger partial charge in [0.1, 0.15) is 5.82 Å². The van der Waals surface area contributed by atoms with E-state index in [2.05, 4.69) is 28.0 Å². The highest BCUT2D eigenvalue weighted by Gasteiger charge is 2.28. The maximum absolute atomic E-state index is 6.13. The zero-order valence-corrected chi connectivity index (χ0v) is 11.8. The van der Waals surface area contributed by atoms with Crippen LogP contribution in [0.15, 0.2) is 12.4 Å². The van der Waals surface area contributed by atoms with Crippen LogP contribution in [0.1, 0.15) is 44.9 Å². The highest BCUT2D eigenvalue weighted by atomic mass is 16.5. The van der Waals surface area contributed by atoms with Gasteiger partial charge in [0.15, 0.2) is 0 Å². The van der Waals surface area contributed by atoms with E-state index in [1.807, 2.05) is 6.20 Å². The molecule has 1 saturated carbocycles. The average molecular weight is 263 g/mol. The molecule has 1 aromatic rings. The van der Waals surface area contributed by atoms with Gasteiger partial charge in [-0.2, -0.15) is 0 Å². The Bertz CT molecular complexity index is 400. The second kappa shape index (κ2) is 6.06. The summed E-state index contributed by atoms with van der Waals surface area (Å²) in [6.45, 7) is 4.20. The molecule has 4 heteroatoms. The van der Waals surface area contributed by atoms with Gasteiger partial charge in [-0.1, -0.05) is 6.92 Å². The Morgan fingerprint density at radius 3 is 2.95 bits per heavy atom. The molecule has 2 aliphatic rings. The number of aryl methyl sites for hydroxylation is 1. The molecule has 1 N–H and O–H groups in total. The molecule has 1 aromatic heterocycles. The van der Waals surface area contributed by atoms with E-state index in [1.54, 1.807) is 0 Å². The Labute approximate surface area is 115 Å². The summed E-state index contributed by atoms with van der Waals surface area (Å²) in [4.78, 5) is 4.43. The first-order chi connectivity index (χ1) is 9.35. The normalized spacial score (nSPS) is 27.0. The van der Waals surface area contributed by atoms with Crippen molar-refractivity contribution in [2.75, 3.05) is 6.54 Å². The highest BCUT2D eigenvalue weighted by Crippen LogP contribution is 2.23. The zero-order valence-electron chi connectivity index (χ0n) is 11.8. The summed E-state index contributed by atoms with van der Waals surface area (Å²) < 4.78 is 8.40. The van der Waals surface area contributed by atoms with Crippen LogP contribution in [0, 0.1) is 0 Å². The van der Waals surface area contributed by atoms with Gasteiger partial charge in [-0.05, 0) is 32.1 Å². The topological polar surface area (TPSA) is 39.1 Å². The quantitative estimate of drug-likeness (QED) is 0.819. The molecule has 2 fully saturated rings. The minimum Gasteiger partial charge on any atom is -0.372 e. The summed E-state index contributed by atoms with van der Waals surface area (Å²) in [6.07, 6.45) is 12.1. The van der Waals surface area contributed by atoms with Crippen molar-refractivity contribution < 1.29 is 4.74 Å². The average Bonchev–Trinajstić information content (AvgIpc) is 2.98. The van der Waals surface area contributed by atoms with Crippen LogP contribution in [-0.4, -0.2) is 34.3 Å². The molecular formula is C15H25N3O. The van der Waals surface area contributed by atoms with Crippen LogP contribution >= 0.6 is 0 Å². The Morgan fingerprint density at radius 1 is 1.32 bits per heavy atom. The molecule has 0 amide bonds. The molecule has 3 rings (SSSR count). The van der Waals surface area contributed by atoms with Crippen LogP contribution in [-0.2, 0) is 17.7 Å². The standard InChI is InChI=1S/C15H25N3O/c1-2-3-15-16-8-9-18(15)11-14-7-6-13(19-14)10-17-12-4-5-12/h8-9,12-14,17H,2-7,10-11H2,1H3. The summed E-state index contributed by atoms with van der Waals surface area (Å²) in [5.74, 6) is 1.20. The molecule has 1 aliphatic heterocycles. The lowest BCUT2D eigenvalue weighted by atomic mass is 10.2. The van der Waals surface area contributed by atoms with Gasteiger partial charge in [0, 0.05) is 31.4 Å². The molecule has 19 heavy (non-hydrogen) atoms. The SMILES string of the molecule is CCCc1nccn1CC1CCC(CNC2CC2)O1. The Kier molecular flexibility index (Phi) is 4.18. The number of nitrogens with one attached hydrogen (secondary N) is 1. The van der Waals surface area contributed by atoms with Gasteiger partial charge >= 0.3 is 0 Å². The fourth-order valence-corrected chi connectivity index (χ4v) is 2.83. The number of hydrogen-bond acceptors (Lipinski definition) is 3. The predicted octanol–water partition coefficient (Wildman–Crippen LogP) is 2.14. The minimum absolute atomic E-state index is 0.371. The van der Waals surface area contributed by atoms with E-state index in [9.17, 15) is 0 Å². The summed E-state index contributed by atoms with van der Waals surface area (Å²) in [7, 11) is 0. The van der Waals surface area contributed by atoms with Crippen LogP contribution in [0.25, 0.3) is 0 Å². The van der Waals surface area contributed by atoms with Crippen molar-refractivity contribution >= 4 is 0 Å². The van der Waals surface area contributed by atoms with Crippen molar-refractivity contribution in [2.45, 2.75) is 70.2 Å². The van der Waals surface area contributed by atoms with E-state index in [-0.39, 0.29) is 0 Å². The van der Waals surface area contributed by atoms with E-state index in [0.717, 1.165) is 32.0 Å². The summed E-state index contributed by atoms with van der Waals surface area (Å²) in [6, 6.07) is 0.785. The second-order valence-electron chi connectivity index (χ2n) is 5.89. The number of rotatable bonds is 7. The fourth-order valence-electron chi connectivity index (χ4n) is 2.83. The van der Waals surface area contributed by atoms with Crippen molar-refractivity contribution in [2.24, 2.45) is 0 Å². The van der Waals surface area contributed by atoms with Crippen LogP contribution in [0.5, 0.6) is 0 Å². The molecule has 0 bridgehead atoms. The largest absolute Gasteiger partial charge is 0.372 e. The summed E-state index contributed by atoms with van der Waals surface area (Å²) in [5.41, 5.74) is 0. The molecule has 0 aromatic carbocycles. The third-order valence-corrected chi connectivity index (χ3v) is 4.08. The molecule has 4 nitrogen and oxygen atoms in total. The maximum Gasteiger partial charge on any atom is 0.108 e. The number of ether oxygens (including phenoxy) is 1. The first-order valence-corrected chi connectivity index (χ1v) is 7.74. The van der Waals surface area contributed by atoms with Gasteiger partial charge in [-0.15, -0.1) is 0 Å². The Morgan fingerprint density at radius 2 is 2.16 bits per heavy atom. The molecule has 0 spiro atoms. The molecular weight excluding hydrogens is 238 g/mol. The van der Waals surface area contributed by atoms with Gasteiger partial charge in [0.2, 0.25) is 0 Å². The molecule has 0 radical (unpaired) electrons. The van der Waals surface area contributed by atoms with Gasteiger partial charge in [-0.25, -0.2) is 4.98 Å². The van der Waals surface area contributed by atoms with Crippen LogP contribution in [0.4, 0.5) is 0 Å². The van der Waals surface area contributed by atoms with E-state index < -0.39 is 0 Å². The molecule has 2 atom stereocenters. The van der Waals surface area contributed by atoms with E-state index >= 15 is 0 Å². The second-order valence-corrected chi connectivity index (χ2v) is 5.89. The minimum atomic E-state index is 0.371. The highest BCUT2D eigenvalue weighted by molar-refractivity contribution is 4.94. The third kappa shape index (κ3) is 3.57. The third-order valence-electron chi connectivity index (χ3n) is 4.08. The van der Waals surface area contributed by atoms with Crippen molar-refractivity contribution in [1.29, 1.82) is 0 Å². The van der Waals surface area contributed by atoms with Gasteiger partial charge < -0.3 is 14.6 Å². The molecule has 106 valence electrons. The maximum atomic E-state index is 6.13. The lowest BCUT2D eigenvalue weighted by Gasteiger charge is -2.16. The first-order valence-electron chi connectivity index (χ1n) is 7.74. The lowest BCUT2D eigenvalue weighted by molar-refractivity contribution is 0.0355. The summed E-state index contributed by atoms with van der Waals surface area (Å²) >= 11 is 0. The monoisotopic (exact) mass is 263 g/mol. The zero-order chi connectivity index (χ0) is 13.1. The van der Waals surface area contributed by atoms with E-state index in [1.165, 1.54) is 31.5 Å². The number of nitrogens with zero attached hydrogens (tertiary/aromatic N) is 2. The molecule has 2 heterocycles. The Hall–Kier alpha value is -0.870. The first kappa shape index (κ1) is 13.1. The molecule has 1 aliphatic carbocycles. The predicted molar refractivity (Wildman–Crippen MR) is 75.1 cm³/mol. The fraction of sp³-hybridized carbons (Fsp3) is 0.800. The van der Waals surface area contributed by atoms with E-state index in [4.69, 9.17) is 4.74 Å². The molecule has 1 saturated heterocycles. The lowest BCUT2D eigenvalue weighted by Crippen LogP contribution is -2.29. The van der Waals surface area contributed by atoms with Crippen molar-refractivity contribution in [3.8, 4) is 0 Å². The van der Waals surface area contributed by atoms with E-state index in [0.29, 0.717) is 12.2 Å². The summed E-state index contributed by atoms with van der Waals surface area (Å²) in [5, 5.41) is 3.57. The number of aromatic nitrogens is 2. The van der Waals surface area contributed by atoms with Gasteiger partial charge in [0.05, 0.1) is 18.8 Å². The van der Waals surface area contributed by atoms with Crippen LogP contribution in [0.2, 0.25) is 0 Å². The number of imidazole rings is 1. The van der Waals surface area contributed by atoms with Crippen molar-refractivity contribution in [3.63, 3.8) is 0 Å². The van der Waals surface area contributed by atoms with Crippen molar-refractivity contribution in [3.05, 3.63) is 18.2 Å². The van der Waals surface area contributed by atoms with Gasteiger partial charge in [0.25, 0.3) is 0 Å². The Balaban J connectivity index is 1.46. The number of hydrogen-bond donors (Lipinski definition) is 1.